The summed E-state index contributed by atoms with van der Waals surface area (Å²) in [4.78, 5) is 17.9. The highest BCUT2D eigenvalue weighted by atomic mass is 19.4. The van der Waals surface area contributed by atoms with Crippen molar-refractivity contribution >= 4 is 6.09 Å². The van der Waals surface area contributed by atoms with E-state index in [0.717, 1.165) is 17.2 Å². The first kappa shape index (κ1) is 25.8. The quantitative estimate of drug-likeness (QED) is 0.239. The number of imidazole rings is 1. The van der Waals surface area contributed by atoms with Crippen molar-refractivity contribution in [1.82, 2.24) is 15.3 Å². The smallest absolute Gasteiger partial charge is 0.419 e. The molecule has 0 spiro atoms. The lowest BCUT2D eigenvalue weighted by molar-refractivity contribution is -0.139. The van der Waals surface area contributed by atoms with Crippen LogP contribution in [0, 0.1) is 0 Å². The molecule has 0 fully saturated rings. The number of aromatic nitrogens is 2. The minimum absolute atomic E-state index is 0.0542. The van der Waals surface area contributed by atoms with E-state index in [2.05, 4.69) is 15.3 Å². The number of H-pyrrole nitrogens is 1. The van der Waals surface area contributed by atoms with Gasteiger partial charge in [-0.25, -0.2) is 9.78 Å². The molecular weight excluding hydrogens is 487 g/mol. The fraction of sp³-hybridized carbons (Fsp3) is 0.185. The number of alkyl halides is 3. The third-order valence-corrected chi connectivity index (χ3v) is 5.85. The number of halogens is 3. The Hall–Kier alpha value is -4.31. The van der Waals surface area contributed by atoms with Crippen molar-refractivity contribution in [2.45, 2.75) is 25.2 Å². The Kier molecular flexibility index (Phi) is 7.21. The first-order valence-corrected chi connectivity index (χ1v) is 11.3. The van der Waals surface area contributed by atoms with Crippen LogP contribution in [0.15, 0.2) is 79.0 Å². The number of nitrogens with zero attached hydrogens (tertiary/aromatic N) is 1. The van der Waals surface area contributed by atoms with Gasteiger partial charge >= 0.3 is 12.3 Å². The topological polar surface area (TPSA) is 107 Å². The van der Waals surface area contributed by atoms with E-state index in [1.54, 1.807) is 12.1 Å². The number of ether oxygens (including phenoxy) is 1. The third-order valence-electron chi connectivity index (χ3n) is 5.85. The van der Waals surface area contributed by atoms with Gasteiger partial charge in [0, 0.05) is 5.56 Å². The zero-order chi connectivity index (χ0) is 26.6. The van der Waals surface area contributed by atoms with Crippen LogP contribution < -0.4 is 10.1 Å². The number of aliphatic hydroxyl groups is 1. The molecule has 0 saturated carbocycles. The zero-order valence-electron chi connectivity index (χ0n) is 19.7. The first-order chi connectivity index (χ1) is 17.6. The summed E-state index contributed by atoms with van der Waals surface area (Å²) in [5, 5.41) is 20.8. The van der Waals surface area contributed by atoms with Gasteiger partial charge in [0.2, 0.25) is 0 Å². The van der Waals surface area contributed by atoms with Gasteiger partial charge in [-0.2, -0.15) is 13.2 Å². The van der Waals surface area contributed by atoms with E-state index < -0.39 is 30.0 Å². The Morgan fingerprint density at radius 3 is 2.27 bits per heavy atom. The Morgan fingerprint density at radius 2 is 1.65 bits per heavy atom. The number of nitrogens with one attached hydrogen (secondary N) is 2. The minimum atomic E-state index is -4.68. The van der Waals surface area contributed by atoms with E-state index in [1.807, 2.05) is 42.5 Å². The average Bonchev–Trinajstić information content (AvgIpc) is 3.38. The van der Waals surface area contributed by atoms with E-state index in [1.165, 1.54) is 25.3 Å². The Bertz CT molecular complexity index is 1370. The SMILES string of the molecule is C[C@@](CO)(NC(=O)O)c1ncc(-c2ccc(OCc3ccc(-c4ccccc4)cc3)c(C(F)(F)F)c2)[nH]1. The van der Waals surface area contributed by atoms with E-state index in [4.69, 9.17) is 9.84 Å². The van der Waals surface area contributed by atoms with Crippen molar-refractivity contribution in [3.05, 3.63) is 95.9 Å². The number of aromatic amines is 1. The fourth-order valence-corrected chi connectivity index (χ4v) is 3.79. The molecule has 1 aromatic heterocycles. The third kappa shape index (κ3) is 5.92. The Morgan fingerprint density at radius 1 is 1.00 bits per heavy atom. The molecule has 0 saturated heterocycles. The molecule has 0 aliphatic carbocycles. The highest BCUT2D eigenvalue weighted by molar-refractivity contribution is 5.66. The van der Waals surface area contributed by atoms with Gasteiger partial charge in [0.25, 0.3) is 0 Å². The number of benzene rings is 3. The molecule has 4 N–H and O–H groups in total. The van der Waals surface area contributed by atoms with Crippen LogP contribution in [0.5, 0.6) is 5.75 Å². The van der Waals surface area contributed by atoms with Gasteiger partial charge in [-0.15, -0.1) is 0 Å². The molecular formula is C27H24F3N3O4. The number of rotatable bonds is 8. The van der Waals surface area contributed by atoms with Gasteiger partial charge in [-0.1, -0.05) is 54.6 Å². The molecule has 10 heteroatoms. The predicted molar refractivity (Wildman–Crippen MR) is 131 cm³/mol. The van der Waals surface area contributed by atoms with Crippen LogP contribution in [-0.4, -0.2) is 32.9 Å². The van der Waals surface area contributed by atoms with Crippen molar-refractivity contribution in [2.75, 3.05) is 6.61 Å². The average molecular weight is 512 g/mol. The summed E-state index contributed by atoms with van der Waals surface area (Å²) in [5.41, 5.74) is 0.691. The molecule has 1 atom stereocenters. The van der Waals surface area contributed by atoms with E-state index in [9.17, 15) is 23.1 Å². The molecule has 4 rings (SSSR count). The van der Waals surface area contributed by atoms with Gasteiger partial charge in [-0.05, 0) is 41.8 Å². The molecule has 1 amide bonds. The van der Waals surface area contributed by atoms with Crippen LogP contribution >= 0.6 is 0 Å². The second-order valence-electron chi connectivity index (χ2n) is 8.63. The first-order valence-electron chi connectivity index (χ1n) is 11.3. The maximum Gasteiger partial charge on any atom is 0.419 e. The monoisotopic (exact) mass is 511 g/mol. The maximum absolute atomic E-state index is 13.9. The van der Waals surface area contributed by atoms with Crippen molar-refractivity contribution in [2.24, 2.45) is 0 Å². The lowest BCUT2D eigenvalue weighted by Gasteiger charge is -2.24. The van der Waals surface area contributed by atoms with E-state index in [-0.39, 0.29) is 29.4 Å². The van der Waals surface area contributed by atoms with Gasteiger partial charge in [0.15, 0.2) is 0 Å². The van der Waals surface area contributed by atoms with E-state index >= 15 is 0 Å². The highest BCUT2D eigenvalue weighted by Gasteiger charge is 2.35. The second kappa shape index (κ2) is 10.4. The van der Waals surface area contributed by atoms with Crippen molar-refractivity contribution in [3.8, 4) is 28.1 Å². The van der Waals surface area contributed by atoms with Gasteiger partial charge in [-0.3, -0.25) is 0 Å². The minimum Gasteiger partial charge on any atom is -0.488 e. The molecule has 192 valence electrons. The molecule has 4 aromatic rings. The van der Waals surface area contributed by atoms with Crippen molar-refractivity contribution in [1.29, 1.82) is 0 Å². The summed E-state index contributed by atoms with van der Waals surface area (Å²) in [6.07, 6.45) is -4.79. The predicted octanol–water partition coefficient (Wildman–Crippen LogP) is 5.82. The summed E-state index contributed by atoms with van der Waals surface area (Å²) in [6, 6.07) is 20.7. The summed E-state index contributed by atoms with van der Waals surface area (Å²) < 4.78 is 47.2. The van der Waals surface area contributed by atoms with Crippen LogP contribution in [-0.2, 0) is 18.3 Å². The summed E-state index contributed by atoms with van der Waals surface area (Å²) in [6.45, 7) is 0.731. The molecule has 0 bridgehead atoms. The molecule has 0 unspecified atom stereocenters. The zero-order valence-corrected chi connectivity index (χ0v) is 19.7. The van der Waals surface area contributed by atoms with Crippen LogP contribution in [0.4, 0.5) is 18.0 Å². The summed E-state index contributed by atoms with van der Waals surface area (Å²) >= 11 is 0. The molecule has 0 aliphatic heterocycles. The molecule has 0 radical (unpaired) electrons. The fourth-order valence-electron chi connectivity index (χ4n) is 3.79. The molecule has 3 aromatic carbocycles. The summed E-state index contributed by atoms with van der Waals surface area (Å²) in [5.74, 6) is -0.268. The van der Waals surface area contributed by atoms with Crippen molar-refractivity contribution in [3.63, 3.8) is 0 Å². The van der Waals surface area contributed by atoms with Crippen LogP contribution in [0.1, 0.15) is 23.9 Å². The Balaban J connectivity index is 1.55. The van der Waals surface area contributed by atoms with Crippen LogP contribution in [0.2, 0.25) is 0 Å². The van der Waals surface area contributed by atoms with Gasteiger partial charge in [0.1, 0.15) is 23.7 Å². The number of amides is 1. The number of carboxylic acid groups (broad SMARTS) is 1. The van der Waals surface area contributed by atoms with Gasteiger partial charge < -0.3 is 25.3 Å². The van der Waals surface area contributed by atoms with Gasteiger partial charge in [0.05, 0.1) is 24.1 Å². The number of aliphatic hydroxyl groups excluding tert-OH is 1. The van der Waals surface area contributed by atoms with E-state index in [0.29, 0.717) is 5.56 Å². The lowest BCUT2D eigenvalue weighted by Crippen LogP contribution is -2.46. The molecule has 0 aliphatic rings. The largest absolute Gasteiger partial charge is 0.488 e. The molecule has 37 heavy (non-hydrogen) atoms. The number of carbonyl (C=O) groups is 1. The lowest BCUT2D eigenvalue weighted by atomic mass is 10.0. The molecule has 7 nitrogen and oxygen atoms in total. The standard InChI is InChI=1S/C27H24F3N3O4/c1-26(16-34,33-25(35)36)24-31-14-22(32-24)20-11-12-23(21(13-20)27(28,29)30)37-15-17-7-9-19(10-8-17)18-5-3-2-4-6-18/h2-14,33-34H,15-16H2,1H3,(H,31,32)(H,35,36)/t26-/m0/s1. The number of hydrogen-bond donors (Lipinski definition) is 4. The normalized spacial score (nSPS) is 13.1. The maximum atomic E-state index is 13.9. The second-order valence-corrected chi connectivity index (χ2v) is 8.63. The van der Waals surface area contributed by atoms with Crippen molar-refractivity contribution < 1.29 is 32.9 Å². The summed E-state index contributed by atoms with van der Waals surface area (Å²) in [7, 11) is 0. The Labute approximate surface area is 210 Å². The van der Waals surface area contributed by atoms with Crippen LogP contribution in [0.3, 0.4) is 0 Å². The highest BCUT2D eigenvalue weighted by Crippen LogP contribution is 2.39. The molecule has 1 heterocycles. The van der Waals surface area contributed by atoms with Crippen LogP contribution in [0.25, 0.3) is 22.4 Å². The number of hydrogen-bond acceptors (Lipinski definition) is 4.